The van der Waals surface area contributed by atoms with Crippen molar-refractivity contribution in [3.8, 4) is 0 Å². The molecule has 3 rings (SSSR count). The summed E-state index contributed by atoms with van der Waals surface area (Å²) in [6.07, 6.45) is -4.86. The number of alkyl halides is 3. The van der Waals surface area contributed by atoms with Crippen LogP contribution in [-0.4, -0.2) is 38.0 Å². The number of hydrogen-bond donors (Lipinski definition) is 2. The van der Waals surface area contributed by atoms with Gasteiger partial charge in [-0.25, -0.2) is 23.1 Å². The Morgan fingerprint density at radius 3 is 2.39 bits per heavy atom. The maximum Gasteiger partial charge on any atom is 0.451 e. The van der Waals surface area contributed by atoms with Gasteiger partial charge in [-0.1, -0.05) is 12.1 Å². The van der Waals surface area contributed by atoms with Gasteiger partial charge in [0.2, 0.25) is 15.8 Å². The molecule has 164 valence electrons. The fraction of sp³-hybridized carbons (Fsp3) is 0.211. The number of halogens is 3. The fourth-order valence-corrected chi connectivity index (χ4v) is 3.66. The zero-order valence-electron chi connectivity index (χ0n) is 16.1. The summed E-state index contributed by atoms with van der Waals surface area (Å²) in [7, 11) is -2.68. The van der Waals surface area contributed by atoms with Crippen LogP contribution in [0, 0.1) is 0 Å². The maximum absolute atomic E-state index is 13.1. The van der Waals surface area contributed by atoms with Crippen LogP contribution in [0.2, 0.25) is 0 Å². The van der Waals surface area contributed by atoms with Gasteiger partial charge in [-0.2, -0.15) is 13.2 Å². The highest BCUT2D eigenvalue weighted by molar-refractivity contribution is 7.89. The van der Waals surface area contributed by atoms with Crippen LogP contribution < -0.4 is 10.0 Å². The number of para-hydroxylation sites is 1. The molecule has 0 fully saturated rings. The Kier molecular flexibility index (Phi) is 6.41. The lowest BCUT2D eigenvalue weighted by atomic mass is 10.2. The molecule has 0 atom stereocenters. The first-order valence-corrected chi connectivity index (χ1v) is 10.4. The highest BCUT2D eigenvalue weighted by atomic mass is 32.2. The van der Waals surface area contributed by atoms with Crippen LogP contribution in [0.5, 0.6) is 0 Å². The molecule has 0 saturated heterocycles. The molecule has 3 aromatic rings. The second-order valence-electron chi connectivity index (χ2n) is 6.28. The summed E-state index contributed by atoms with van der Waals surface area (Å²) in [5.41, 5.74) is 0.437. The second kappa shape index (κ2) is 8.86. The van der Waals surface area contributed by atoms with Crippen molar-refractivity contribution in [1.82, 2.24) is 14.7 Å². The number of anilines is 2. The highest BCUT2D eigenvalue weighted by Gasteiger charge is 2.35. The first-order chi connectivity index (χ1) is 14.6. The van der Waals surface area contributed by atoms with Crippen molar-refractivity contribution in [3.05, 3.63) is 54.4 Å². The van der Waals surface area contributed by atoms with E-state index in [0.29, 0.717) is 11.1 Å². The number of carbonyl (C=O) groups is 1. The number of rotatable bonds is 7. The number of hydrogen-bond acceptors (Lipinski definition) is 7. The molecule has 0 amide bonds. The molecule has 8 nitrogen and oxygen atoms in total. The van der Waals surface area contributed by atoms with Gasteiger partial charge in [-0.05, 0) is 36.4 Å². The minimum atomic E-state index is -4.73. The first kappa shape index (κ1) is 22.4. The van der Waals surface area contributed by atoms with E-state index in [1.165, 1.54) is 37.4 Å². The third-order valence-corrected chi connectivity index (χ3v) is 5.61. The van der Waals surface area contributed by atoms with Crippen molar-refractivity contribution in [1.29, 1.82) is 0 Å². The molecule has 1 heterocycles. The van der Waals surface area contributed by atoms with Gasteiger partial charge in [0.15, 0.2) is 0 Å². The third-order valence-electron chi connectivity index (χ3n) is 4.13. The van der Waals surface area contributed by atoms with E-state index in [4.69, 9.17) is 0 Å². The van der Waals surface area contributed by atoms with Gasteiger partial charge >= 0.3 is 12.1 Å². The molecule has 31 heavy (non-hydrogen) atoms. The quantitative estimate of drug-likeness (QED) is 0.528. The highest BCUT2D eigenvalue weighted by Crippen LogP contribution is 2.31. The third kappa shape index (κ3) is 5.47. The van der Waals surface area contributed by atoms with Crippen LogP contribution in [0.25, 0.3) is 10.9 Å². The summed E-state index contributed by atoms with van der Waals surface area (Å²) in [5, 5.41) is 3.15. The minimum absolute atomic E-state index is 0.0651. The summed E-state index contributed by atoms with van der Waals surface area (Å²) in [4.78, 5) is 18.1. The predicted octanol–water partition coefficient (Wildman–Crippen LogP) is 3.23. The monoisotopic (exact) mass is 454 g/mol. The van der Waals surface area contributed by atoms with E-state index in [9.17, 15) is 26.4 Å². The topological polar surface area (TPSA) is 110 Å². The summed E-state index contributed by atoms with van der Waals surface area (Å²) in [6.45, 7) is -0.137. The average molecular weight is 454 g/mol. The van der Waals surface area contributed by atoms with Crippen LogP contribution in [0.1, 0.15) is 12.2 Å². The molecule has 0 spiro atoms. The van der Waals surface area contributed by atoms with E-state index in [-0.39, 0.29) is 29.2 Å². The van der Waals surface area contributed by atoms with Gasteiger partial charge < -0.3 is 10.1 Å². The standard InChI is InChI=1S/C19H17F3N4O4S/c1-30-16(27)10-11-23-31(28,29)13-8-6-12(7-9-13)24-17-14-4-2-3-5-15(14)25-18(26-17)19(20,21)22/h2-9,23H,10-11H2,1H3,(H,24,25,26). The number of fused-ring (bicyclic) bond motifs is 1. The molecule has 0 aliphatic heterocycles. The number of ether oxygens (including phenoxy) is 1. The average Bonchev–Trinajstić information content (AvgIpc) is 2.73. The number of sulfonamides is 1. The number of nitrogens with one attached hydrogen (secondary N) is 2. The van der Waals surface area contributed by atoms with E-state index >= 15 is 0 Å². The van der Waals surface area contributed by atoms with E-state index in [0.717, 1.165) is 0 Å². The van der Waals surface area contributed by atoms with Crippen molar-refractivity contribution in [3.63, 3.8) is 0 Å². The molecule has 0 unspecified atom stereocenters. The maximum atomic E-state index is 13.1. The zero-order valence-corrected chi connectivity index (χ0v) is 16.9. The molecule has 2 N–H and O–H groups in total. The molecular weight excluding hydrogens is 437 g/mol. The Balaban J connectivity index is 1.83. The lowest BCUT2D eigenvalue weighted by Crippen LogP contribution is -2.26. The van der Waals surface area contributed by atoms with Gasteiger partial charge in [-0.15, -0.1) is 0 Å². The van der Waals surface area contributed by atoms with Crippen molar-refractivity contribution < 1.29 is 31.1 Å². The van der Waals surface area contributed by atoms with Crippen LogP contribution in [-0.2, 0) is 25.7 Å². The lowest BCUT2D eigenvalue weighted by molar-refractivity contribution is -0.144. The van der Waals surface area contributed by atoms with Crippen LogP contribution >= 0.6 is 0 Å². The molecule has 0 aliphatic carbocycles. The Morgan fingerprint density at radius 2 is 1.74 bits per heavy atom. The van der Waals surface area contributed by atoms with Crippen LogP contribution in [0.4, 0.5) is 24.7 Å². The van der Waals surface area contributed by atoms with E-state index in [2.05, 4.69) is 24.7 Å². The van der Waals surface area contributed by atoms with Gasteiger partial charge in [0, 0.05) is 17.6 Å². The van der Waals surface area contributed by atoms with Gasteiger partial charge in [-0.3, -0.25) is 4.79 Å². The number of benzene rings is 2. The Hall–Kier alpha value is -3.25. The SMILES string of the molecule is COC(=O)CCNS(=O)(=O)c1ccc(Nc2nc(C(F)(F)F)nc3ccccc23)cc1. The molecule has 0 saturated carbocycles. The molecule has 0 aliphatic rings. The summed E-state index contributed by atoms with van der Waals surface area (Å²) >= 11 is 0. The molecule has 2 aromatic carbocycles. The summed E-state index contributed by atoms with van der Waals surface area (Å²) in [5.74, 6) is -1.91. The van der Waals surface area contributed by atoms with Crippen molar-refractivity contribution in [2.75, 3.05) is 19.0 Å². The van der Waals surface area contributed by atoms with Gasteiger partial charge in [0.25, 0.3) is 0 Å². The minimum Gasteiger partial charge on any atom is -0.469 e. The lowest BCUT2D eigenvalue weighted by Gasteiger charge is -2.13. The number of aromatic nitrogens is 2. The van der Waals surface area contributed by atoms with E-state index in [1.807, 2.05) is 0 Å². The summed E-state index contributed by atoms with van der Waals surface area (Å²) < 4.78 is 70.7. The Labute approximate surface area is 175 Å². The van der Waals surface area contributed by atoms with Gasteiger partial charge in [0.05, 0.1) is 23.9 Å². The van der Waals surface area contributed by atoms with Crippen molar-refractivity contribution >= 4 is 38.4 Å². The fourth-order valence-electron chi connectivity index (χ4n) is 2.63. The molecule has 0 radical (unpaired) electrons. The molecule has 1 aromatic heterocycles. The number of esters is 1. The largest absolute Gasteiger partial charge is 0.469 e. The molecule has 12 heteroatoms. The van der Waals surface area contributed by atoms with Crippen LogP contribution in [0.3, 0.4) is 0 Å². The number of methoxy groups -OCH3 is 1. The van der Waals surface area contributed by atoms with Crippen molar-refractivity contribution in [2.45, 2.75) is 17.5 Å². The Bertz CT molecular complexity index is 1200. The number of nitrogens with zero attached hydrogens (tertiary/aromatic N) is 2. The molecule has 0 bridgehead atoms. The van der Waals surface area contributed by atoms with E-state index < -0.39 is 28.0 Å². The first-order valence-electron chi connectivity index (χ1n) is 8.88. The van der Waals surface area contributed by atoms with Crippen LogP contribution in [0.15, 0.2) is 53.4 Å². The van der Waals surface area contributed by atoms with E-state index in [1.54, 1.807) is 18.2 Å². The van der Waals surface area contributed by atoms with Crippen molar-refractivity contribution in [2.24, 2.45) is 0 Å². The smallest absolute Gasteiger partial charge is 0.451 e. The second-order valence-corrected chi connectivity index (χ2v) is 8.05. The number of carbonyl (C=O) groups excluding carboxylic acids is 1. The molecular formula is C19H17F3N4O4S. The Morgan fingerprint density at radius 1 is 1.06 bits per heavy atom. The zero-order chi connectivity index (χ0) is 22.6. The predicted molar refractivity (Wildman–Crippen MR) is 106 cm³/mol. The van der Waals surface area contributed by atoms with Gasteiger partial charge in [0.1, 0.15) is 5.82 Å². The summed E-state index contributed by atoms with van der Waals surface area (Å²) in [6, 6.07) is 11.5. The normalized spacial score (nSPS) is 12.0.